The highest BCUT2D eigenvalue weighted by Crippen LogP contribution is 2.34. The molecule has 0 aromatic heterocycles. The third-order valence-electron chi connectivity index (χ3n) is 4.63. The standard InChI is InChI=1S/C19H34N2O3S/c1-14-13-25-17(19(14)21-16(3)23)10-6-7-11-18(24)20-12-8-4-5-9-15(2)22/h14,17,19H,4-13H2,1-3H3,(H,20,24)(H,21,23). The molecule has 25 heavy (non-hydrogen) atoms. The van der Waals surface area contributed by atoms with Gasteiger partial charge in [-0.15, -0.1) is 0 Å². The van der Waals surface area contributed by atoms with Gasteiger partial charge in [-0.05, 0) is 44.3 Å². The smallest absolute Gasteiger partial charge is 0.219 e. The van der Waals surface area contributed by atoms with Gasteiger partial charge in [0.05, 0.1) is 0 Å². The van der Waals surface area contributed by atoms with E-state index in [0.717, 1.165) is 44.3 Å². The molecule has 1 aliphatic rings. The average molecular weight is 371 g/mol. The van der Waals surface area contributed by atoms with Crippen molar-refractivity contribution in [2.75, 3.05) is 12.3 Å². The Balaban J connectivity index is 2.05. The van der Waals surface area contributed by atoms with E-state index >= 15 is 0 Å². The zero-order valence-corrected chi connectivity index (χ0v) is 16.8. The summed E-state index contributed by atoms with van der Waals surface area (Å²) in [7, 11) is 0. The minimum Gasteiger partial charge on any atom is -0.356 e. The van der Waals surface area contributed by atoms with Crippen molar-refractivity contribution in [3.8, 4) is 0 Å². The Labute approximate surface area is 156 Å². The molecule has 0 aliphatic carbocycles. The van der Waals surface area contributed by atoms with E-state index in [2.05, 4.69) is 17.6 Å². The second-order valence-electron chi connectivity index (χ2n) is 7.18. The quantitative estimate of drug-likeness (QED) is 0.518. The maximum absolute atomic E-state index is 11.8. The number of hydrogen-bond acceptors (Lipinski definition) is 4. The Morgan fingerprint density at radius 1 is 1.00 bits per heavy atom. The topological polar surface area (TPSA) is 75.3 Å². The number of amides is 2. The second kappa shape index (κ2) is 12.3. The van der Waals surface area contributed by atoms with E-state index < -0.39 is 0 Å². The van der Waals surface area contributed by atoms with E-state index in [1.54, 1.807) is 13.8 Å². The van der Waals surface area contributed by atoms with E-state index in [1.807, 2.05) is 11.8 Å². The van der Waals surface area contributed by atoms with Crippen LogP contribution in [0.15, 0.2) is 0 Å². The van der Waals surface area contributed by atoms with Gasteiger partial charge in [0.25, 0.3) is 0 Å². The number of nitrogens with one attached hydrogen (secondary N) is 2. The maximum atomic E-state index is 11.8. The molecule has 1 aliphatic heterocycles. The van der Waals surface area contributed by atoms with Crippen molar-refractivity contribution in [3.63, 3.8) is 0 Å². The molecule has 5 nitrogen and oxygen atoms in total. The van der Waals surface area contributed by atoms with Gasteiger partial charge in [-0.2, -0.15) is 11.8 Å². The van der Waals surface area contributed by atoms with Gasteiger partial charge >= 0.3 is 0 Å². The normalized spacial score (nSPS) is 22.6. The Bertz CT molecular complexity index is 442. The Morgan fingerprint density at radius 3 is 2.40 bits per heavy atom. The molecule has 1 fully saturated rings. The number of rotatable bonds is 12. The summed E-state index contributed by atoms with van der Waals surface area (Å²) in [5.41, 5.74) is 0. The van der Waals surface area contributed by atoms with Gasteiger partial charge in [0.1, 0.15) is 5.78 Å². The lowest BCUT2D eigenvalue weighted by atomic mass is 9.97. The molecule has 6 heteroatoms. The highest BCUT2D eigenvalue weighted by Gasteiger charge is 2.33. The predicted molar refractivity (Wildman–Crippen MR) is 104 cm³/mol. The van der Waals surface area contributed by atoms with Crippen molar-refractivity contribution in [2.24, 2.45) is 5.92 Å². The lowest BCUT2D eigenvalue weighted by Crippen LogP contribution is -2.41. The van der Waals surface area contributed by atoms with Crippen LogP contribution in [0.3, 0.4) is 0 Å². The lowest BCUT2D eigenvalue weighted by Gasteiger charge is -2.22. The molecule has 2 N–H and O–H groups in total. The van der Waals surface area contributed by atoms with Crippen LogP contribution in [0.5, 0.6) is 0 Å². The number of thioether (sulfide) groups is 1. The van der Waals surface area contributed by atoms with Crippen LogP contribution < -0.4 is 10.6 Å². The number of Topliss-reactive ketones (excluding diaryl/α,β-unsaturated/α-hetero) is 1. The average Bonchev–Trinajstić information content (AvgIpc) is 2.87. The van der Waals surface area contributed by atoms with Crippen LogP contribution in [0.2, 0.25) is 0 Å². The van der Waals surface area contributed by atoms with E-state index in [-0.39, 0.29) is 23.6 Å². The molecule has 1 heterocycles. The molecule has 2 amide bonds. The van der Waals surface area contributed by atoms with Crippen molar-refractivity contribution < 1.29 is 14.4 Å². The van der Waals surface area contributed by atoms with Crippen LogP contribution in [-0.2, 0) is 14.4 Å². The number of unbranched alkanes of at least 4 members (excludes halogenated alkanes) is 3. The van der Waals surface area contributed by atoms with Gasteiger partial charge in [-0.25, -0.2) is 0 Å². The summed E-state index contributed by atoms with van der Waals surface area (Å²) in [5.74, 6) is 2.02. The van der Waals surface area contributed by atoms with Gasteiger partial charge in [-0.1, -0.05) is 19.8 Å². The van der Waals surface area contributed by atoms with Crippen LogP contribution in [0.25, 0.3) is 0 Å². The summed E-state index contributed by atoms with van der Waals surface area (Å²) in [6, 6.07) is 0.270. The number of hydrogen-bond donors (Lipinski definition) is 2. The van der Waals surface area contributed by atoms with E-state index in [0.29, 0.717) is 30.6 Å². The van der Waals surface area contributed by atoms with Crippen molar-refractivity contribution in [3.05, 3.63) is 0 Å². The molecule has 3 unspecified atom stereocenters. The summed E-state index contributed by atoms with van der Waals surface area (Å²) in [6.45, 7) is 6.09. The first-order valence-electron chi connectivity index (χ1n) is 9.55. The van der Waals surface area contributed by atoms with E-state index in [9.17, 15) is 14.4 Å². The fraction of sp³-hybridized carbons (Fsp3) is 0.842. The van der Waals surface area contributed by atoms with Gasteiger partial charge in [0, 0.05) is 37.6 Å². The Hall–Kier alpha value is -1.04. The van der Waals surface area contributed by atoms with Crippen LogP contribution in [0.1, 0.15) is 72.1 Å². The largest absolute Gasteiger partial charge is 0.356 e. The molecule has 0 radical (unpaired) electrons. The van der Waals surface area contributed by atoms with Gasteiger partial charge < -0.3 is 15.4 Å². The highest BCUT2D eigenvalue weighted by molar-refractivity contribution is 8.00. The van der Waals surface area contributed by atoms with E-state index in [4.69, 9.17) is 0 Å². The van der Waals surface area contributed by atoms with Gasteiger partial charge in [0.2, 0.25) is 11.8 Å². The molecule has 3 atom stereocenters. The Morgan fingerprint density at radius 2 is 1.72 bits per heavy atom. The summed E-state index contributed by atoms with van der Waals surface area (Å²) in [6.07, 6.45) is 7.03. The van der Waals surface area contributed by atoms with Crippen LogP contribution in [-0.4, -0.2) is 41.2 Å². The van der Waals surface area contributed by atoms with Gasteiger partial charge in [-0.3, -0.25) is 9.59 Å². The number of carbonyl (C=O) groups excluding carboxylic acids is 3. The van der Waals surface area contributed by atoms with Crippen LogP contribution >= 0.6 is 11.8 Å². The molecule has 0 aromatic rings. The minimum absolute atomic E-state index is 0.0482. The summed E-state index contributed by atoms with van der Waals surface area (Å²) in [4.78, 5) is 34.0. The maximum Gasteiger partial charge on any atom is 0.219 e. The molecule has 0 aromatic carbocycles. The fourth-order valence-corrected chi connectivity index (χ4v) is 4.84. The zero-order valence-electron chi connectivity index (χ0n) is 15.9. The van der Waals surface area contributed by atoms with Crippen molar-refractivity contribution >= 4 is 29.4 Å². The molecule has 0 bridgehead atoms. The molecule has 1 saturated heterocycles. The monoisotopic (exact) mass is 370 g/mol. The van der Waals surface area contributed by atoms with Crippen LogP contribution in [0, 0.1) is 5.92 Å². The summed E-state index contributed by atoms with van der Waals surface area (Å²) < 4.78 is 0. The first kappa shape index (κ1) is 22.0. The SMILES string of the molecule is CC(=O)CCCCCNC(=O)CCCCC1SCC(C)C1NC(C)=O. The minimum atomic E-state index is 0.0482. The molecular formula is C19H34N2O3S. The first-order chi connectivity index (χ1) is 11.9. The van der Waals surface area contributed by atoms with Crippen LogP contribution in [0.4, 0.5) is 0 Å². The van der Waals surface area contributed by atoms with E-state index in [1.165, 1.54) is 0 Å². The lowest BCUT2D eigenvalue weighted by molar-refractivity contribution is -0.121. The predicted octanol–water partition coefficient (Wildman–Crippen LogP) is 3.07. The zero-order chi connectivity index (χ0) is 18.7. The molecule has 0 saturated carbocycles. The Kier molecular flexibility index (Phi) is 10.9. The van der Waals surface area contributed by atoms with Gasteiger partial charge in [0.15, 0.2) is 0 Å². The molecule has 1 rings (SSSR count). The summed E-state index contributed by atoms with van der Waals surface area (Å²) in [5, 5.41) is 6.51. The number of carbonyl (C=O) groups is 3. The third-order valence-corrected chi connectivity index (χ3v) is 6.30. The second-order valence-corrected chi connectivity index (χ2v) is 8.46. The molecule has 0 spiro atoms. The highest BCUT2D eigenvalue weighted by atomic mass is 32.2. The first-order valence-corrected chi connectivity index (χ1v) is 10.6. The third kappa shape index (κ3) is 9.88. The number of ketones is 1. The van der Waals surface area contributed by atoms with Crippen molar-refractivity contribution in [1.29, 1.82) is 0 Å². The fourth-order valence-electron chi connectivity index (χ4n) is 3.20. The van der Waals surface area contributed by atoms with Crippen molar-refractivity contribution in [1.82, 2.24) is 10.6 Å². The molecular weight excluding hydrogens is 336 g/mol. The summed E-state index contributed by atoms with van der Waals surface area (Å²) >= 11 is 1.94. The van der Waals surface area contributed by atoms with Crippen molar-refractivity contribution in [2.45, 2.75) is 83.4 Å². The molecule has 144 valence electrons.